The number of urea groups is 1. The number of anilines is 1. The number of carbonyl (C=O) groups excluding carboxylic acids is 1. The van der Waals surface area contributed by atoms with Crippen molar-refractivity contribution in [2.24, 2.45) is 0 Å². The third-order valence-corrected chi connectivity index (χ3v) is 2.56. The van der Waals surface area contributed by atoms with Gasteiger partial charge in [0.2, 0.25) is 0 Å². The first-order valence-corrected chi connectivity index (χ1v) is 5.15. The van der Waals surface area contributed by atoms with Crippen LogP contribution in [0.25, 0.3) is 0 Å². The van der Waals surface area contributed by atoms with Crippen LogP contribution in [0.1, 0.15) is 0 Å². The van der Waals surface area contributed by atoms with Crippen LogP contribution in [0.4, 0.5) is 10.5 Å². The van der Waals surface area contributed by atoms with Crippen LogP contribution in [0.15, 0.2) is 30.3 Å². The fourth-order valence-corrected chi connectivity index (χ4v) is 1.89. The lowest BCUT2D eigenvalue weighted by Crippen LogP contribution is -2.40. The van der Waals surface area contributed by atoms with Crippen molar-refractivity contribution < 1.29 is 4.79 Å². The highest BCUT2D eigenvalue weighted by atomic mass is 32.2. The Labute approximate surface area is 81.1 Å². The van der Waals surface area contributed by atoms with Crippen LogP contribution in [-0.2, 0) is 0 Å². The quantitative estimate of drug-likeness (QED) is 0.682. The molecule has 0 aliphatic carbocycles. The first kappa shape index (κ1) is 8.44. The topological polar surface area (TPSA) is 34.4 Å². The van der Waals surface area contributed by atoms with Gasteiger partial charge in [0, 0.05) is 5.69 Å². The molecule has 0 unspecified atom stereocenters. The molecule has 67 valence electrons. The Kier molecular flexibility index (Phi) is 2.40. The zero-order chi connectivity index (χ0) is 9.10. The van der Waals surface area contributed by atoms with Crippen LogP contribution >= 0.6 is 11.8 Å². The lowest BCUT2D eigenvalue weighted by atomic mass is 10.3. The molecule has 0 aromatic heterocycles. The molecule has 0 atom stereocenters. The Morgan fingerprint density at radius 3 is 2.77 bits per heavy atom. The summed E-state index contributed by atoms with van der Waals surface area (Å²) in [5, 5.41) is 3.84. The van der Waals surface area contributed by atoms with E-state index < -0.39 is 0 Å². The molecule has 4 heteroatoms. The summed E-state index contributed by atoms with van der Waals surface area (Å²) >= 11 is 1.64. The largest absolute Gasteiger partial charge is 0.345 e. The summed E-state index contributed by atoms with van der Waals surface area (Å²) in [5.74, 6) is 1.29. The van der Waals surface area contributed by atoms with Crippen LogP contribution in [0.3, 0.4) is 0 Å². The smallest absolute Gasteiger partial charge is 0.283 e. The molecule has 3 nitrogen and oxygen atoms in total. The van der Waals surface area contributed by atoms with Gasteiger partial charge in [0.25, 0.3) is 0 Å². The molecule has 1 aliphatic rings. The molecule has 0 bridgehead atoms. The monoisotopic (exact) mass is 193 g/mol. The van der Waals surface area contributed by atoms with Crippen molar-refractivity contribution in [3.63, 3.8) is 0 Å². The van der Waals surface area contributed by atoms with E-state index in [0.717, 1.165) is 5.69 Å². The molecule has 1 heterocycles. The molecule has 0 spiro atoms. The van der Waals surface area contributed by atoms with Gasteiger partial charge in [-0.1, -0.05) is 18.2 Å². The Balaban J connectivity index is 2.20. The van der Waals surface area contributed by atoms with E-state index in [9.17, 15) is 4.79 Å². The number of rotatable bonds is 1. The number of carbonyl (C=O) groups is 1. The van der Waals surface area contributed by atoms with Crippen LogP contribution in [-0.4, -0.2) is 17.8 Å². The Morgan fingerprint density at radius 1 is 1.31 bits per heavy atom. The molecule has 1 aliphatic heterocycles. The van der Waals surface area contributed by atoms with Gasteiger partial charge in [-0.05, 0) is 12.1 Å². The lowest BCUT2D eigenvalue weighted by molar-refractivity contribution is 0.247. The molecular weight excluding hydrogens is 184 g/mol. The summed E-state index contributed by atoms with van der Waals surface area (Å²) in [5.41, 5.74) is 0.920. The normalized spacial score (nSPS) is 16.9. The van der Waals surface area contributed by atoms with E-state index >= 15 is 0 Å². The fraction of sp³-hybridized carbons (Fsp3) is 0.222. The van der Waals surface area contributed by atoms with E-state index in [-0.39, 0.29) is 6.03 Å². The second-order valence-electron chi connectivity index (χ2n) is 2.67. The predicted molar refractivity (Wildman–Crippen MR) is 53.8 cm³/mol. The Morgan fingerprint density at radius 2 is 2.08 bits per heavy atom. The summed E-state index contributed by atoms with van der Waals surface area (Å²) in [6.07, 6.45) is 0. The van der Waals surface area contributed by atoms with Gasteiger partial charge in [0.15, 0.2) is 0 Å². The first-order chi connectivity index (χ1) is 6.38. The highest BCUT2D eigenvalue weighted by molar-refractivity contribution is 7.99. The minimum absolute atomic E-state index is 0.134. The van der Waals surface area contributed by atoms with Gasteiger partial charge in [-0.2, -0.15) is 0 Å². The van der Waals surface area contributed by atoms with Crippen molar-refractivity contribution in [1.82, 2.24) is 5.32 Å². The summed E-state index contributed by atoms with van der Waals surface area (Å²) in [4.78, 5) is 13.0. The van der Waals surface area contributed by atoms with Gasteiger partial charge in [0.1, 0.15) is 0 Å². The van der Waals surface area contributed by atoms with Crippen LogP contribution < -0.4 is 10.2 Å². The van der Waals surface area contributed by atoms with E-state index in [1.165, 1.54) is 0 Å². The minimum atomic E-state index is -0.134. The van der Waals surface area contributed by atoms with E-state index in [4.69, 9.17) is 0 Å². The van der Waals surface area contributed by atoms with Crippen molar-refractivity contribution >= 4 is 23.5 Å². The van der Waals surface area contributed by atoms with Crippen LogP contribution in [0.5, 0.6) is 0 Å². The number of para-hydroxylation sites is 1. The Hall–Kier alpha value is -1.16. The number of benzene rings is 1. The minimum Gasteiger partial charge on any atom is -0.283 e. The summed E-state index contributed by atoms with van der Waals surface area (Å²) < 4.78 is 0. The van der Waals surface area contributed by atoms with Crippen molar-refractivity contribution in [2.45, 2.75) is 0 Å². The van der Waals surface area contributed by atoms with E-state index in [0.29, 0.717) is 11.8 Å². The molecule has 2 amide bonds. The number of thioether (sulfide) groups is 1. The predicted octanol–water partition coefficient (Wildman–Crippen LogP) is 1.88. The third kappa shape index (κ3) is 1.78. The van der Waals surface area contributed by atoms with E-state index in [1.54, 1.807) is 16.7 Å². The summed E-state index contributed by atoms with van der Waals surface area (Å²) in [6, 6.07) is 9.47. The number of hydrogen-bond donors (Lipinski definition) is 0. The SMILES string of the molecule is O=C1[N]CSCN1c1ccccc1. The number of nitrogens with zero attached hydrogens (tertiary/aromatic N) is 2. The second-order valence-corrected chi connectivity index (χ2v) is 3.59. The third-order valence-electron chi connectivity index (χ3n) is 1.81. The highest BCUT2D eigenvalue weighted by Gasteiger charge is 2.20. The van der Waals surface area contributed by atoms with E-state index in [2.05, 4.69) is 5.32 Å². The molecule has 1 aromatic carbocycles. The van der Waals surface area contributed by atoms with Crippen molar-refractivity contribution in [3.8, 4) is 0 Å². The highest BCUT2D eigenvalue weighted by Crippen LogP contribution is 2.19. The van der Waals surface area contributed by atoms with Crippen LogP contribution in [0.2, 0.25) is 0 Å². The van der Waals surface area contributed by atoms with Crippen molar-refractivity contribution in [3.05, 3.63) is 30.3 Å². The van der Waals surface area contributed by atoms with Gasteiger partial charge in [-0.25, -0.2) is 10.1 Å². The maximum Gasteiger partial charge on any atom is 0.345 e. The molecule has 1 aromatic rings. The number of amides is 2. The summed E-state index contributed by atoms with van der Waals surface area (Å²) in [7, 11) is 0. The zero-order valence-electron chi connectivity index (χ0n) is 7.01. The molecule has 0 N–H and O–H groups in total. The van der Waals surface area contributed by atoms with Gasteiger partial charge in [0.05, 0.1) is 11.8 Å². The molecule has 1 fully saturated rings. The number of hydrogen-bond acceptors (Lipinski definition) is 2. The molecule has 0 saturated carbocycles. The van der Waals surface area contributed by atoms with Gasteiger partial charge < -0.3 is 0 Å². The van der Waals surface area contributed by atoms with Gasteiger partial charge in [-0.3, -0.25) is 4.90 Å². The summed E-state index contributed by atoms with van der Waals surface area (Å²) in [6.45, 7) is 0. The Bertz CT molecular complexity index is 302. The standard InChI is InChI=1S/C9H9N2OS/c12-9-10-6-13-7-11(9)8-4-2-1-3-5-8/h1-5H,6-7H2. The van der Waals surface area contributed by atoms with Gasteiger partial charge in [-0.15, -0.1) is 11.8 Å². The van der Waals surface area contributed by atoms with Crippen molar-refractivity contribution in [1.29, 1.82) is 0 Å². The molecular formula is C9H9N2OS. The maximum absolute atomic E-state index is 11.3. The molecule has 1 radical (unpaired) electrons. The lowest BCUT2D eigenvalue weighted by Gasteiger charge is -2.25. The average Bonchev–Trinajstić information content (AvgIpc) is 2.20. The van der Waals surface area contributed by atoms with E-state index in [1.807, 2.05) is 30.3 Å². The second kappa shape index (κ2) is 3.70. The molecule has 13 heavy (non-hydrogen) atoms. The maximum atomic E-state index is 11.3. The molecule has 1 saturated heterocycles. The van der Waals surface area contributed by atoms with Crippen LogP contribution in [0, 0.1) is 0 Å². The molecule has 2 rings (SSSR count). The first-order valence-electron chi connectivity index (χ1n) is 4.00. The fourth-order valence-electron chi connectivity index (χ4n) is 1.17. The van der Waals surface area contributed by atoms with Gasteiger partial charge >= 0.3 is 6.03 Å². The average molecular weight is 193 g/mol. The zero-order valence-corrected chi connectivity index (χ0v) is 7.83. The van der Waals surface area contributed by atoms with Crippen molar-refractivity contribution in [2.75, 3.05) is 16.7 Å².